The smallest absolute Gasteiger partial charge is 0.164 e. The third-order valence-corrected chi connectivity index (χ3v) is 14.4. The van der Waals surface area contributed by atoms with Crippen LogP contribution < -0.4 is 0 Å². The van der Waals surface area contributed by atoms with E-state index in [0.29, 0.717) is 17.5 Å². The maximum absolute atomic E-state index is 5.10. The Bertz CT molecular complexity index is 4350. The summed E-state index contributed by atoms with van der Waals surface area (Å²) in [5, 5.41) is 4.80. The molecule has 0 bridgehead atoms. The van der Waals surface area contributed by atoms with Crippen LogP contribution in [0.15, 0.2) is 273 Å². The first-order valence-electron chi connectivity index (χ1n) is 25.1. The molecule has 0 aliphatic heterocycles. The molecule has 74 heavy (non-hydrogen) atoms. The highest BCUT2D eigenvalue weighted by atomic mass is 15.0. The van der Waals surface area contributed by atoms with Gasteiger partial charge in [0.15, 0.2) is 17.5 Å². The molecule has 5 heteroatoms. The summed E-state index contributed by atoms with van der Waals surface area (Å²) >= 11 is 0. The van der Waals surface area contributed by atoms with Crippen molar-refractivity contribution in [1.82, 2.24) is 24.1 Å². The van der Waals surface area contributed by atoms with E-state index < -0.39 is 0 Å². The van der Waals surface area contributed by atoms with Gasteiger partial charge in [-0.25, -0.2) is 15.0 Å². The Kier molecular flexibility index (Phi) is 10.4. The summed E-state index contributed by atoms with van der Waals surface area (Å²) < 4.78 is 4.87. The van der Waals surface area contributed by atoms with Crippen molar-refractivity contribution in [2.45, 2.75) is 0 Å². The van der Waals surface area contributed by atoms with Crippen molar-refractivity contribution in [3.8, 4) is 90.0 Å². The van der Waals surface area contributed by atoms with Gasteiger partial charge in [0, 0.05) is 49.6 Å². The van der Waals surface area contributed by atoms with Crippen molar-refractivity contribution in [1.29, 1.82) is 0 Å². The van der Waals surface area contributed by atoms with Crippen LogP contribution >= 0.6 is 0 Å². The molecule has 0 spiro atoms. The van der Waals surface area contributed by atoms with Gasteiger partial charge in [-0.2, -0.15) is 0 Å². The number of benzene rings is 11. The predicted octanol–water partition coefficient (Wildman–Crippen LogP) is 17.7. The van der Waals surface area contributed by atoms with E-state index in [2.05, 4.69) is 221 Å². The molecule has 0 aliphatic rings. The Morgan fingerprint density at radius 2 is 0.608 bits per heavy atom. The molecule has 14 rings (SSSR count). The zero-order valence-corrected chi connectivity index (χ0v) is 40.2. The SMILES string of the molecule is c1ccc(-c2cccc(-n3c4ccccc4c4ccc(-c5ccc6c7c(-c8cccc(-c9nc(-c%10ccccc%10)nc(-c%10ccccc%10)n9)c8)cccc7n(-c7cccc(-c8ccccc8)c7)c6c5)cc43)c2)cc1. The number of fused-ring (bicyclic) bond motifs is 6. The van der Waals surface area contributed by atoms with Crippen molar-refractivity contribution >= 4 is 43.6 Å². The molecule has 0 fully saturated rings. The van der Waals surface area contributed by atoms with Gasteiger partial charge in [0.25, 0.3) is 0 Å². The second-order valence-corrected chi connectivity index (χ2v) is 18.8. The molecule has 0 unspecified atom stereocenters. The summed E-state index contributed by atoms with van der Waals surface area (Å²) in [6.07, 6.45) is 0. The normalized spacial score (nSPS) is 11.5. The summed E-state index contributed by atoms with van der Waals surface area (Å²) in [5.41, 5.74) is 18.8. The van der Waals surface area contributed by atoms with Crippen molar-refractivity contribution in [3.63, 3.8) is 0 Å². The predicted molar refractivity (Wildman–Crippen MR) is 307 cm³/mol. The van der Waals surface area contributed by atoms with Gasteiger partial charge in [0.05, 0.1) is 22.1 Å². The molecule has 0 saturated heterocycles. The topological polar surface area (TPSA) is 48.5 Å². The van der Waals surface area contributed by atoms with Crippen LogP contribution in [0.3, 0.4) is 0 Å². The minimum absolute atomic E-state index is 0.622. The first kappa shape index (κ1) is 42.9. The summed E-state index contributed by atoms with van der Waals surface area (Å²) in [4.78, 5) is 15.2. The Hall–Kier alpha value is -9.97. The average Bonchev–Trinajstić information content (AvgIpc) is 4.00. The van der Waals surface area contributed by atoms with Gasteiger partial charge in [0.2, 0.25) is 0 Å². The monoisotopic (exact) mass is 943 g/mol. The molecule has 0 amide bonds. The Labute approximate surface area is 428 Å². The number of rotatable bonds is 9. The third-order valence-electron chi connectivity index (χ3n) is 14.4. The minimum Gasteiger partial charge on any atom is -0.309 e. The number of para-hydroxylation sites is 1. The highest BCUT2D eigenvalue weighted by Gasteiger charge is 2.20. The van der Waals surface area contributed by atoms with Crippen molar-refractivity contribution in [2.75, 3.05) is 0 Å². The average molecular weight is 944 g/mol. The molecular formula is C69H45N5. The number of hydrogen-bond acceptors (Lipinski definition) is 3. The van der Waals surface area contributed by atoms with Gasteiger partial charge in [0.1, 0.15) is 0 Å². The van der Waals surface area contributed by atoms with E-state index in [9.17, 15) is 0 Å². The highest BCUT2D eigenvalue weighted by Crippen LogP contribution is 2.43. The molecule has 0 N–H and O–H groups in total. The van der Waals surface area contributed by atoms with Crippen LogP contribution in [0.1, 0.15) is 0 Å². The zero-order chi connectivity index (χ0) is 49.0. The first-order valence-corrected chi connectivity index (χ1v) is 25.1. The molecule has 3 heterocycles. The molecule has 346 valence electrons. The fourth-order valence-electron chi connectivity index (χ4n) is 10.9. The van der Waals surface area contributed by atoms with Crippen LogP contribution in [0.2, 0.25) is 0 Å². The van der Waals surface area contributed by atoms with E-state index in [0.717, 1.165) is 72.4 Å². The maximum Gasteiger partial charge on any atom is 0.164 e. The molecule has 0 saturated carbocycles. The zero-order valence-electron chi connectivity index (χ0n) is 40.2. The van der Waals surface area contributed by atoms with Crippen LogP contribution in [-0.2, 0) is 0 Å². The number of hydrogen-bond donors (Lipinski definition) is 0. The van der Waals surface area contributed by atoms with E-state index in [-0.39, 0.29) is 0 Å². The largest absolute Gasteiger partial charge is 0.309 e. The van der Waals surface area contributed by atoms with Crippen molar-refractivity contribution in [2.24, 2.45) is 0 Å². The second kappa shape index (κ2) is 18.0. The van der Waals surface area contributed by atoms with Crippen molar-refractivity contribution in [3.05, 3.63) is 273 Å². The van der Waals surface area contributed by atoms with Gasteiger partial charge >= 0.3 is 0 Å². The van der Waals surface area contributed by atoms with E-state index in [1.165, 1.54) is 43.8 Å². The van der Waals surface area contributed by atoms with Crippen LogP contribution in [-0.4, -0.2) is 24.1 Å². The lowest BCUT2D eigenvalue weighted by Gasteiger charge is -2.12. The first-order chi connectivity index (χ1) is 36.7. The van der Waals surface area contributed by atoms with E-state index in [1.54, 1.807) is 0 Å². The van der Waals surface area contributed by atoms with Crippen LogP contribution in [0, 0.1) is 0 Å². The molecule has 0 atom stereocenters. The standard InChI is InChI=1S/C69H45N5/c1-5-19-46(20-6-1)50-27-16-31-56(42-50)73-62-35-14-13-33-59(62)60-39-37-52(44-64(60)73)53-38-40-61-65(45-53)74(57-32-17-28-51(43-57)47-21-7-2-8-22-47)63-36-18-34-58(66(61)63)54-29-15-30-55(41-54)69-71-67(48-23-9-3-10-24-48)70-68(72-69)49-25-11-4-12-26-49/h1-45H. The molecule has 3 aromatic heterocycles. The third kappa shape index (κ3) is 7.54. The number of aromatic nitrogens is 5. The van der Waals surface area contributed by atoms with Crippen molar-refractivity contribution < 1.29 is 0 Å². The molecule has 11 aromatic carbocycles. The van der Waals surface area contributed by atoms with Gasteiger partial charge in [-0.3, -0.25) is 0 Å². The summed E-state index contributed by atoms with van der Waals surface area (Å²) in [5.74, 6) is 1.89. The molecule has 5 nitrogen and oxygen atoms in total. The Balaban J connectivity index is 0.954. The number of nitrogens with zero attached hydrogens (tertiary/aromatic N) is 5. The van der Waals surface area contributed by atoms with Gasteiger partial charge in [-0.15, -0.1) is 0 Å². The van der Waals surface area contributed by atoms with E-state index in [4.69, 9.17) is 15.0 Å². The van der Waals surface area contributed by atoms with Gasteiger partial charge in [-0.05, 0) is 99.1 Å². The Morgan fingerprint density at radius 1 is 0.216 bits per heavy atom. The van der Waals surface area contributed by atoms with E-state index in [1.807, 2.05) is 60.7 Å². The summed E-state index contributed by atoms with van der Waals surface area (Å²) in [6, 6.07) is 97.4. The quantitative estimate of drug-likeness (QED) is 0.145. The summed E-state index contributed by atoms with van der Waals surface area (Å²) in [6.45, 7) is 0. The fourth-order valence-corrected chi connectivity index (χ4v) is 10.9. The Morgan fingerprint density at radius 3 is 1.20 bits per heavy atom. The maximum atomic E-state index is 5.10. The lowest BCUT2D eigenvalue weighted by molar-refractivity contribution is 1.07. The lowest BCUT2D eigenvalue weighted by Crippen LogP contribution is -2.00. The fraction of sp³-hybridized carbons (Fsp3) is 0. The molecule has 0 aliphatic carbocycles. The second-order valence-electron chi connectivity index (χ2n) is 18.8. The van der Waals surface area contributed by atoms with Gasteiger partial charge < -0.3 is 9.13 Å². The van der Waals surface area contributed by atoms with Gasteiger partial charge in [-0.1, -0.05) is 218 Å². The molecular weight excluding hydrogens is 899 g/mol. The van der Waals surface area contributed by atoms with Crippen LogP contribution in [0.4, 0.5) is 0 Å². The molecule has 0 radical (unpaired) electrons. The minimum atomic E-state index is 0.622. The van der Waals surface area contributed by atoms with Crippen LogP contribution in [0.25, 0.3) is 134 Å². The summed E-state index contributed by atoms with van der Waals surface area (Å²) in [7, 11) is 0. The highest BCUT2D eigenvalue weighted by molar-refractivity contribution is 6.17. The lowest BCUT2D eigenvalue weighted by atomic mass is 9.96. The van der Waals surface area contributed by atoms with Crippen LogP contribution in [0.5, 0.6) is 0 Å². The molecule has 14 aromatic rings. The van der Waals surface area contributed by atoms with E-state index >= 15 is 0 Å².